The molecule has 0 aliphatic carbocycles. The van der Waals surface area contributed by atoms with Crippen molar-refractivity contribution in [3.05, 3.63) is 33.4 Å². The molecule has 0 spiro atoms. The van der Waals surface area contributed by atoms with Gasteiger partial charge in [0.15, 0.2) is 6.10 Å². The number of amides is 2. The van der Waals surface area contributed by atoms with Crippen LogP contribution in [0.4, 0.5) is 5.00 Å². The number of carbonyl (C=O) groups excluding carboxylic acids is 3. The normalized spacial score (nSPS) is 11.8. The fourth-order valence-electron chi connectivity index (χ4n) is 1.95. The number of primary amides is 1. The molecule has 10 heteroatoms. The van der Waals surface area contributed by atoms with Gasteiger partial charge in [-0.15, -0.1) is 11.3 Å². The van der Waals surface area contributed by atoms with Gasteiger partial charge >= 0.3 is 5.97 Å². The van der Waals surface area contributed by atoms with Crippen LogP contribution in [0.25, 0.3) is 0 Å². The minimum absolute atomic E-state index is 0.104. The van der Waals surface area contributed by atoms with Gasteiger partial charge in [-0.3, -0.25) is 14.3 Å². The van der Waals surface area contributed by atoms with E-state index in [4.69, 9.17) is 22.1 Å². The fraction of sp³-hybridized carbons (Fsp3) is 0.286. The molecule has 0 radical (unpaired) electrons. The van der Waals surface area contributed by atoms with E-state index in [1.807, 2.05) is 0 Å². The van der Waals surface area contributed by atoms with E-state index in [1.54, 1.807) is 19.4 Å². The highest BCUT2D eigenvalue weighted by atomic mass is 35.5. The maximum absolute atomic E-state index is 12.2. The van der Waals surface area contributed by atoms with Crippen molar-refractivity contribution in [2.45, 2.75) is 20.0 Å². The number of aromatic nitrogens is 2. The number of thiophene rings is 1. The van der Waals surface area contributed by atoms with E-state index >= 15 is 0 Å². The number of hydrogen-bond acceptors (Lipinski definition) is 6. The van der Waals surface area contributed by atoms with Crippen LogP contribution in [0.1, 0.15) is 33.3 Å². The van der Waals surface area contributed by atoms with Crippen molar-refractivity contribution in [2.75, 3.05) is 5.32 Å². The first-order valence-electron chi connectivity index (χ1n) is 6.80. The lowest BCUT2D eigenvalue weighted by Gasteiger charge is -2.13. The van der Waals surface area contributed by atoms with E-state index in [0.29, 0.717) is 10.7 Å². The summed E-state index contributed by atoms with van der Waals surface area (Å²) in [6, 6.07) is 1.50. The molecule has 0 aliphatic heterocycles. The Labute approximate surface area is 146 Å². The molecule has 128 valence electrons. The summed E-state index contributed by atoms with van der Waals surface area (Å²) in [4.78, 5) is 35.6. The molecule has 24 heavy (non-hydrogen) atoms. The molecular formula is C14H15ClN4O4S. The number of aryl methyl sites for hydroxylation is 2. The lowest BCUT2D eigenvalue weighted by atomic mass is 10.2. The highest BCUT2D eigenvalue weighted by Crippen LogP contribution is 2.24. The molecule has 0 aliphatic rings. The summed E-state index contributed by atoms with van der Waals surface area (Å²) < 4.78 is 6.46. The first-order chi connectivity index (χ1) is 11.2. The van der Waals surface area contributed by atoms with E-state index in [2.05, 4.69) is 10.4 Å². The van der Waals surface area contributed by atoms with Gasteiger partial charge in [0, 0.05) is 7.05 Å². The van der Waals surface area contributed by atoms with Crippen molar-refractivity contribution in [2.24, 2.45) is 12.8 Å². The van der Waals surface area contributed by atoms with Crippen molar-refractivity contribution >= 4 is 45.7 Å². The van der Waals surface area contributed by atoms with Crippen LogP contribution in [0.2, 0.25) is 5.15 Å². The largest absolute Gasteiger partial charge is 0.449 e. The van der Waals surface area contributed by atoms with Crippen LogP contribution in [0, 0.1) is 6.92 Å². The monoisotopic (exact) mass is 370 g/mol. The molecule has 1 unspecified atom stereocenters. The SMILES string of the molecule is Cc1nn(C)c(Cl)c1C(=O)OC(C)C(=O)Nc1sccc1C(N)=O. The van der Waals surface area contributed by atoms with Crippen LogP contribution < -0.4 is 11.1 Å². The number of halogens is 1. The molecule has 0 saturated carbocycles. The van der Waals surface area contributed by atoms with E-state index in [9.17, 15) is 14.4 Å². The first kappa shape index (κ1) is 18.0. The second kappa shape index (κ2) is 7.02. The van der Waals surface area contributed by atoms with E-state index < -0.39 is 23.9 Å². The van der Waals surface area contributed by atoms with Crippen molar-refractivity contribution in [1.29, 1.82) is 0 Å². The molecule has 0 saturated heterocycles. The Hall–Kier alpha value is -2.39. The smallest absolute Gasteiger partial charge is 0.343 e. The predicted octanol–water partition coefficient (Wildman–Crippen LogP) is 1.73. The van der Waals surface area contributed by atoms with E-state index in [-0.39, 0.29) is 16.3 Å². The number of nitrogens with one attached hydrogen (secondary N) is 1. The number of anilines is 1. The maximum atomic E-state index is 12.2. The van der Waals surface area contributed by atoms with Gasteiger partial charge < -0.3 is 15.8 Å². The molecule has 0 bridgehead atoms. The Morgan fingerprint density at radius 2 is 2.12 bits per heavy atom. The Bertz CT molecular complexity index is 814. The second-order valence-electron chi connectivity index (χ2n) is 4.94. The third kappa shape index (κ3) is 3.57. The van der Waals surface area contributed by atoms with Crippen molar-refractivity contribution in [1.82, 2.24) is 9.78 Å². The van der Waals surface area contributed by atoms with Crippen LogP contribution in [0.15, 0.2) is 11.4 Å². The Balaban J connectivity index is 2.07. The number of hydrogen-bond donors (Lipinski definition) is 2. The quantitative estimate of drug-likeness (QED) is 0.777. The number of ether oxygens (including phenoxy) is 1. The Kier molecular flexibility index (Phi) is 5.25. The maximum Gasteiger partial charge on any atom is 0.343 e. The van der Waals surface area contributed by atoms with Gasteiger partial charge in [0.25, 0.3) is 11.8 Å². The average Bonchev–Trinajstić information content (AvgIpc) is 3.04. The Morgan fingerprint density at radius 1 is 1.46 bits per heavy atom. The fourth-order valence-corrected chi connectivity index (χ4v) is 3.00. The van der Waals surface area contributed by atoms with Crippen LogP contribution in [-0.2, 0) is 16.6 Å². The summed E-state index contributed by atoms with van der Waals surface area (Å²) in [6.45, 7) is 3.02. The van der Waals surface area contributed by atoms with Crippen molar-refractivity contribution in [3.63, 3.8) is 0 Å². The van der Waals surface area contributed by atoms with Gasteiger partial charge in [0.05, 0.1) is 11.3 Å². The van der Waals surface area contributed by atoms with Crippen LogP contribution in [-0.4, -0.2) is 33.7 Å². The zero-order chi connectivity index (χ0) is 18.0. The number of nitrogens with zero attached hydrogens (tertiary/aromatic N) is 2. The third-order valence-electron chi connectivity index (χ3n) is 3.18. The Morgan fingerprint density at radius 3 is 2.67 bits per heavy atom. The van der Waals surface area contributed by atoms with Gasteiger partial charge in [-0.25, -0.2) is 4.79 Å². The van der Waals surface area contributed by atoms with Crippen LogP contribution >= 0.6 is 22.9 Å². The average molecular weight is 371 g/mol. The highest BCUT2D eigenvalue weighted by molar-refractivity contribution is 7.14. The molecule has 2 amide bonds. The highest BCUT2D eigenvalue weighted by Gasteiger charge is 2.25. The zero-order valence-electron chi connectivity index (χ0n) is 13.1. The summed E-state index contributed by atoms with van der Waals surface area (Å²) in [5, 5.41) is 8.56. The standard InChI is InChI=1S/C14H15ClN4O4S/c1-6-9(10(15)19(3)18-6)14(22)23-7(2)12(21)17-13-8(11(16)20)4-5-24-13/h4-5,7H,1-3H3,(H2,16,20)(H,17,21). The van der Waals surface area contributed by atoms with Gasteiger partial charge in [-0.1, -0.05) is 11.6 Å². The van der Waals surface area contributed by atoms with E-state index in [1.165, 1.54) is 17.7 Å². The molecule has 1 atom stereocenters. The number of carbonyl (C=O) groups is 3. The number of nitrogens with two attached hydrogens (primary N) is 1. The summed E-state index contributed by atoms with van der Waals surface area (Å²) >= 11 is 7.13. The lowest BCUT2D eigenvalue weighted by Crippen LogP contribution is -2.30. The number of rotatable bonds is 5. The summed E-state index contributed by atoms with van der Waals surface area (Å²) in [7, 11) is 1.59. The second-order valence-corrected chi connectivity index (χ2v) is 6.21. The predicted molar refractivity (Wildman–Crippen MR) is 89.3 cm³/mol. The van der Waals surface area contributed by atoms with Crippen molar-refractivity contribution < 1.29 is 19.1 Å². The minimum Gasteiger partial charge on any atom is -0.449 e. The molecule has 2 aromatic heterocycles. The summed E-state index contributed by atoms with van der Waals surface area (Å²) in [5.41, 5.74) is 5.90. The van der Waals surface area contributed by atoms with Gasteiger partial charge in [0.2, 0.25) is 0 Å². The zero-order valence-corrected chi connectivity index (χ0v) is 14.7. The van der Waals surface area contributed by atoms with Crippen LogP contribution in [0.3, 0.4) is 0 Å². The van der Waals surface area contributed by atoms with Crippen molar-refractivity contribution in [3.8, 4) is 0 Å². The van der Waals surface area contributed by atoms with Crippen LogP contribution in [0.5, 0.6) is 0 Å². The summed E-state index contributed by atoms with van der Waals surface area (Å²) in [5.74, 6) is -2.01. The lowest BCUT2D eigenvalue weighted by molar-refractivity contribution is -0.123. The molecule has 0 aromatic carbocycles. The van der Waals surface area contributed by atoms with Gasteiger partial charge in [-0.2, -0.15) is 5.10 Å². The molecule has 2 rings (SSSR count). The first-order valence-corrected chi connectivity index (χ1v) is 8.06. The minimum atomic E-state index is -1.10. The van der Waals surface area contributed by atoms with Gasteiger partial charge in [0.1, 0.15) is 15.7 Å². The summed E-state index contributed by atoms with van der Waals surface area (Å²) in [6.07, 6.45) is -1.10. The third-order valence-corrected chi connectivity index (χ3v) is 4.44. The molecule has 2 heterocycles. The molecule has 3 N–H and O–H groups in total. The molecular weight excluding hydrogens is 356 g/mol. The van der Waals surface area contributed by atoms with Gasteiger partial charge in [-0.05, 0) is 25.3 Å². The number of esters is 1. The molecule has 2 aromatic rings. The topological polar surface area (TPSA) is 116 Å². The van der Waals surface area contributed by atoms with E-state index in [0.717, 1.165) is 11.3 Å². The molecule has 0 fully saturated rings. The molecule has 8 nitrogen and oxygen atoms in total.